The average Bonchev–Trinajstić information content (AvgIpc) is 2.36. The third-order valence-corrected chi connectivity index (χ3v) is 3.14. The number of ether oxygens (including phenoxy) is 1. The molecule has 1 fully saturated rings. The van der Waals surface area contributed by atoms with Crippen LogP contribution in [0.3, 0.4) is 0 Å². The Morgan fingerprint density at radius 2 is 2.12 bits per heavy atom. The van der Waals surface area contributed by atoms with Crippen LogP contribution in [0.4, 0.5) is 0 Å². The van der Waals surface area contributed by atoms with Crippen molar-refractivity contribution in [3.8, 4) is 0 Å². The Hall–Kier alpha value is -1.06. The van der Waals surface area contributed by atoms with E-state index in [9.17, 15) is 9.59 Å². The lowest BCUT2D eigenvalue weighted by molar-refractivity contribution is -0.151. The van der Waals surface area contributed by atoms with Crippen molar-refractivity contribution < 1.29 is 14.3 Å². The van der Waals surface area contributed by atoms with E-state index in [4.69, 9.17) is 4.74 Å². The Labute approximate surface area is 103 Å². The summed E-state index contributed by atoms with van der Waals surface area (Å²) in [5.74, 6) is -0.0874. The van der Waals surface area contributed by atoms with Gasteiger partial charge in [0, 0.05) is 19.5 Å². The quantitative estimate of drug-likeness (QED) is 0.691. The van der Waals surface area contributed by atoms with Crippen LogP contribution in [0.25, 0.3) is 0 Å². The monoisotopic (exact) mass is 241 g/mol. The van der Waals surface area contributed by atoms with E-state index in [1.807, 2.05) is 11.8 Å². The summed E-state index contributed by atoms with van der Waals surface area (Å²) in [6.07, 6.45) is 4.31. The molecule has 4 nitrogen and oxygen atoms in total. The number of amides is 1. The molecule has 1 heterocycles. The molecule has 0 bridgehead atoms. The fourth-order valence-electron chi connectivity index (χ4n) is 2.14. The maximum Gasteiger partial charge on any atom is 0.310 e. The van der Waals surface area contributed by atoms with E-state index in [2.05, 4.69) is 6.92 Å². The third-order valence-electron chi connectivity index (χ3n) is 3.14. The molecule has 0 N–H and O–H groups in total. The Morgan fingerprint density at radius 1 is 1.35 bits per heavy atom. The van der Waals surface area contributed by atoms with E-state index in [0.29, 0.717) is 19.6 Å². The highest BCUT2D eigenvalue weighted by atomic mass is 16.5. The summed E-state index contributed by atoms with van der Waals surface area (Å²) in [5, 5.41) is 0. The fourth-order valence-corrected chi connectivity index (χ4v) is 2.14. The van der Waals surface area contributed by atoms with Crippen LogP contribution < -0.4 is 0 Å². The number of hydrogen-bond donors (Lipinski definition) is 0. The summed E-state index contributed by atoms with van der Waals surface area (Å²) in [7, 11) is 0. The lowest BCUT2D eigenvalue weighted by Gasteiger charge is -2.31. The van der Waals surface area contributed by atoms with Crippen molar-refractivity contribution >= 4 is 11.9 Å². The standard InChI is InChI=1S/C13H23NO3/c1-3-5-8-12(15)14-9-6-7-11(10-14)13(16)17-4-2/h11H,3-10H2,1-2H3/t11-/m0/s1. The van der Waals surface area contributed by atoms with Gasteiger partial charge in [-0.15, -0.1) is 0 Å². The zero-order valence-electron chi connectivity index (χ0n) is 10.9. The molecule has 1 aliphatic heterocycles. The SMILES string of the molecule is CCCCC(=O)N1CCC[C@H](C(=O)OCC)C1. The van der Waals surface area contributed by atoms with Crippen molar-refractivity contribution in [1.29, 1.82) is 0 Å². The van der Waals surface area contributed by atoms with Crippen molar-refractivity contribution in [3.05, 3.63) is 0 Å². The highest BCUT2D eigenvalue weighted by Crippen LogP contribution is 2.19. The van der Waals surface area contributed by atoms with Gasteiger partial charge in [-0.3, -0.25) is 9.59 Å². The van der Waals surface area contributed by atoms with E-state index in [1.54, 1.807) is 0 Å². The number of likely N-dealkylation sites (tertiary alicyclic amines) is 1. The maximum absolute atomic E-state index is 11.9. The topological polar surface area (TPSA) is 46.6 Å². The van der Waals surface area contributed by atoms with E-state index in [-0.39, 0.29) is 17.8 Å². The van der Waals surface area contributed by atoms with Gasteiger partial charge in [-0.2, -0.15) is 0 Å². The minimum Gasteiger partial charge on any atom is -0.466 e. The highest BCUT2D eigenvalue weighted by molar-refractivity contribution is 5.78. The molecule has 4 heteroatoms. The lowest BCUT2D eigenvalue weighted by Crippen LogP contribution is -2.42. The molecule has 0 aromatic carbocycles. The molecule has 0 aliphatic carbocycles. The van der Waals surface area contributed by atoms with Crippen LogP contribution in [-0.4, -0.2) is 36.5 Å². The molecule has 0 radical (unpaired) electrons. The van der Waals surface area contributed by atoms with Gasteiger partial charge in [-0.25, -0.2) is 0 Å². The minimum atomic E-state index is -0.152. The molecule has 1 aliphatic rings. The van der Waals surface area contributed by atoms with Crippen LogP contribution in [0.5, 0.6) is 0 Å². The number of unbranched alkanes of at least 4 members (excludes halogenated alkanes) is 1. The van der Waals surface area contributed by atoms with Gasteiger partial charge in [0.05, 0.1) is 12.5 Å². The summed E-state index contributed by atoms with van der Waals surface area (Å²) >= 11 is 0. The minimum absolute atomic E-state index is 0.116. The first-order valence-corrected chi connectivity index (χ1v) is 6.63. The van der Waals surface area contributed by atoms with Crippen molar-refractivity contribution in [2.75, 3.05) is 19.7 Å². The first-order chi connectivity index (χ1) is 8.19. The molecule has 98 valence electrons. The highest BCUT2D eigenvalue weighted by Gasteiger charge is 2.28. The van der Waals surface area contributed by atoms with Crippen LogP contribution in [0.15, 0.2) is 0 Å². The van der Waals surface area contributed by atoms with Gasteiger partial charge in [0.2, 0.25) is 5.91 Å². The molecule has 0 aromatic heterocycles. The predicted octanol–water partition coefficient (Wildman–Crippen LogP) is 1.98. The molecule has 1 atom stereocenters. The molecular formula is C13H23NO3. The molecule has 1 saturated heterocycles. The van der Waals surface area contributed by atoms with Crippen LogP contribution >= 0.6 is 0 Å². The Morgan fingerprint density at radius 3 is 2.76 bits per heavy atom. The summed E-state index contributed by atoms with van der Waals surface area (Å²) in [6.45, 7) is 5.63. The van der Waals surface area contributed by atoms with Crippen LogP contribution in [0.1, 0.15) is 46.0 Å². The Bertz CT molecular complexity index is 265. The fraction of sp³-hybridized carbons (Fsp3) is 0.846. The number of rotatable bonds is 5. The second-order valence-electron chi connectivity index (χ2n) is 4.53. The average molecular weight is 241 g/mol. The van der Waals surface area contributed by atoms with E-state index in [0.717, 1.165) is 32.2 Å². The summed E-state index contributed by atoms with van der Waals surface area (Å²) < 4.78 is 5.01. The molecule has 0 spiro atoms. The normalized spacial score (nSPS) is 20.1. The van der Waals surface area contributed by atoms with Gasteiger partial charge >= 0.3 is 5.97 Å². The number of piperidine rings is 1. The van der Waals surface area contributed by atoms with Gasteiger partial charge in [0.15, 0.2) is 0 Å². The van der Waals surface area contributed by atoms with Crippen molar-refractivity contribution in [2.24, 2.45) is 5.92 Å². The molecule has 0 aromatic rings. The van der Waals surface area contributed by atoms with Crippen molar-refractivity contribution in [3.63, 3.8) is 0 Å². The molecule has 0 unspecified atom stereocenters. The predicted molar refractivity (Wildman–Crippen MR) is 65.5 cm³/mol. The van der Waals surface area contributed by atoms with Gasteiger partial charge in [-0.1, -0.05) is 13.3 Å². The number of hydrogen-bond acceptors (Lipinski definition) is 3. The number of nitrogens with zero attached hydrogens (tertiary/aromatic N) is 1. The Balaban J connectivity index is 2.42. The van der Waals surface area contributed by atoms with Gasteiger partial charge in [0.1, 0.15) is 0 Å². The largest absolute Gasteiger partial charge is 0.466 e. The molecule has 0 saturated carbocycles. The lowest BCUT2D eigenvalue weighted by atomic mass is 9.98. The number of esters is 1. The molecular weight excluding hydrogens is 218 g/mol. The van der Waals surface area contributed by atoms with Gasteiger partial charge < -0.3 is 9.64 Å². The molecule has 1 amide bonds. The van der Waals surface area contributed by atoms with Crippen molar-refractivity contribution in [1.82, 2.24) is 4.90 Å². The third kappa shape index (κ3) is 4.36. The zero-order chi connectivity index (χ0) is 12.7. The Kier molecular flexibility index (Phi) is 6.01. The van der Waals surface area contributed by atoms with Gasteiger partial charge in [-0.05, 0) is 26.2 Å². The first-order valence-electron chi connectivity index (χ1n) is 6.63. The maximum atomic E-state index is 11.9. The van der Waals surface area contributed by atoms with Crippen LogP contribution in [-0.2, 0) is 14.3 Å². The molecule has 17 heavy (non-hydrogen) atoms. The van der Waals surface area contributed by atoms with Crippen LogP contribution in [0.2, 0.25) is 0 Å². The van der Waals surface area contributed by atoms with E-state index < -0.39 is 0 Å². The number of carbonyl (C=O) groups excluding carboxylic acids is 2. The molecule has 1 rings (SSSR count). The van der Waals surface area contributed by atoms with E-state index >= 15 is 0 Å². The zero-order valence-corrected chi connectivity index (χ0v) is 10.9. The van der Waals surface area contributed by atoms with Gasteiger partial charge in [0.25, 0.3) is 0 Å². The summed E-state index contributed by atoms with van der Waals surface area (Å²) in [5.41, 5.74) is 0. The number of carbonyl (C=O) groups is 2. The van der Waals surface area contributed by atoms with E-state index in [1.165, 1.54) is 0 Å². The smallest absolute Gasteiger partial charge is 0.310 e. The van der Waals surface area contributed by atoms with Crippen molar-refractivity contribution in [2.45, 2.75) is 46.0 Å². The summed E-state index contributed by atoms with van der Waals surface area (Å²) in [6, 6.07) is 0. The first kappa shape index (κ1) is 14.0. The van der Waals surface area contributed by atoms with Crippen LogP contribution in [0, 0.1) is 5.92 Å². The second-order valence-corrected chi connectivity index (χ2v) is 4.53. The summed E-state index contributed by atoms with van der Waals surface area (Å²) in [4.78, 5) is 25.3. The second kappa shape index (κ2) is 7.30.